The fourth-order valence-corrected chi connectivity index (χ4v) is 12.8. The van der Waals surface area contributed by atoms with Crippen LogP contribution in [0.4, 0.5) is 17.1 Å². The average Bonchev–Trinajstić information content (AvgIpc) is 3.98. The molecule has 1 spiro atoms. The topological polar surface area (TPSA) is 16.4 Å². The van der Waals surface area contributed by atoms with Crippen molar-refractivity contribution in [3.63, 3.8) is 0 Å². The van der Waals surface area contributed by atoms with Gasteiger partial charge in [0.05, 0.1) is 10.8 Å². The normalized spacial score (nSPS) is 15.1. The van der Waals surface area contributed by atoms with E-state index in [1.54, 1.807) is 0 Å². The van der Waals surface area contributed by atoms with Crippen molar-refractivity contribution >= 4 is 39.0 Å². The number of hydrogen-bond donors (Lipinski definition) is 0. The summed E-state index contributed by atoms with van der Waals surface area (Å²) in [7, 11) is 0. The molecule has 0 fully saturated rings. The van der Waals surface area contributed by atoms with Crippen LogP contribution in [-0.4, -0.2) is 0 Å². The summed E-state index contributed by atoms with van der Waals surface area (Å²) in [6, 6.07) is 88.5. The maximum Gasteiger partial charge on any atom is 0.135 e. The molecule has 0 unspecified atom stereocenters. The van der Waals surface area contributed by atoms with Crippen LogP contribution in [0.1, 0.15) is 69.5 Å². The van der Waals surface area contributed by atoms with Gasteiger partial charge in [0, 0.05) is 33.2 Å². The summed E-state index contributed by atoms with van der Waals surface area (Å²) >= 11 is 0. The van der Waals surface area contributed by atoms with E-state index in [0.717, 1.165) is 39.0 Å². The first kappa shape index (κ1) is 38.1. The predicted octanol–water partition coefficient (Wildman–Crippen LogP) is 16.4. The molecule has 0 amide bonds. The van der Waals surface area contributed by atoms with E-state index in [1.807, 2.05) is 6.07 Å². The van der Waals surface area contributed by atoms with Gasteiger partial charge in [0.1, 0.15) is 11.2 Å². The Morgan fingerprint density at radius 3 is 1.34 bits per heavy atom. The molecule has 0 bridgehead atoms. The monoisotopic (exact) mass is 855 g/mol. The summed E-state index contributed by atoms with van der Waals surface area (Å²) in [4.78, 5) is 2.48. The Bertz CT molecular complexity index is 3710. The van der Waals surface area contributed by atoms with E-state index in [0.29, 0.717) is 0 Å². The van der Waals surface area contributed by atoms with Gasteiger partial charge in [-0.1, -0.05) is 202 Å². The third-order valence-corrected chi connectivity index (χ3v) is 15.6. The van der Waals surface area contributed by atoms with Crippen LogP contribution in [0.15, 0.2) is 241 Å². The molecule has 2 heteroatoms. The number of hydrogen-bond acceptors (Lipinski definition) is 2. The Balaban J connectivity index is 1.06. The first-order valence-corrected chi connectivity index (χ1v) is 23.5. The second-order valence-corrected chi connectivity index (χ2v) is 19.1. The number of rotatable bonds is 5. The summed E-state index contributed by atoms with van der Waals surface area (Å²) in [6.07, 6.45) is 0. The highest BCUT2D eigenvalue weighted by Gasteiger charge is 2.56. The molecule has 1 aromatic heterocycles. The first-order chi connectivity index (χ1) is 33.0. The van der Waals surface area contributed by atoms with E-state index >= 15 is 0 Å². The highest BCUT2D eigenvalue weighted by molar-refractivity contribution is 6.07. The molecular formula is C65H45NO. The Labute approximate surface area is 391 Å². The Hall–Kier alpha value is -8.20. The van der Waals surface area contributed by atoms with Crippen LogP contribution in [0.5, 0.6) is 0 Å². The van der Waals surface area contributed by atoms with Crippen molar-refractivity contribution < 1.29 is 4.42 Å². The molecule has 0 N–H and O–H groups in total. The van der Waals surface area contributed by atoms with E-state index in [-0.39, 0.29) is 5.41 Å². The van der Waals surface area contributed by atoms with Gasteiger partial charge >= 0.3 is 0 Å². The van der Waals surface area contributed by atoms with Crippen molar-refractivity contribution in [2.24, 2.45) is 0 Å². The lowest BCUT2D eigenvalue weighted by molar-refractivity contribution is 0.623. The van der Waals surface area contributed by atoms with Crippen molar-refractivity contribution in [1.29, 1.82) is 0 Å². The van der Waals surface area contributed by atoms with Crippen LogP contribution < -0.4 is 4.90 Å². The molecule has 2 nitrogen and oxygen atoms in total. The number of para-hydroxylation sites is 1. The lowest BCUT2D eigenvalue weighted by Gasteiger charge is -2.50. The van der Waals surface area contributed by atoms with Crippen molar-refractivity contribution in [1.82, 2.24) is 0 Å². The minimum atomic E-state index is -0.625. The largest absolute Gasteiger partial charge is 0.456 e. The maximum atomic E-state index is 6.42. The van der Waals surface area contributed by atoms with Gasteiger partial charge in [-0.3, -0.25) is 0 Å². The molecular weight excluding hydrogens is 811 g/mol. The summed E-state index contributed by atoms with van der Waals surface area (Å²) < 4.78 is 6.42. The molecule has 14 rings (SSSR count). The standard InChI is InChI=1S/C65H45NO/c1-63(2)53-26-12-9-23-47(53)49-36-33-45(40-59(49)63)66(44-35-38-62-52(39-44)51-25-11-18-32-61(51)67-62)46-34-37-50-48-24-10-13-27-54(48)65(60(50)41-46)57-30-16-14-28-55(57)64(42-19-5-3-6-20-42,43-21-7-4-8-22-43)56-29-15-17-31-58(56)65/h3-41H,1-2H3. The van der Waals surface area contributed by atoms with Crippen LogP contribution in [0.2, 0.25) is 0 Å². The van der Waals surface area contributed by atoms with Crippen LogP contribution in [0.25, 0.3) is 44.2 Å². The van der Waals surface area contributed by atoms with Crippen LogP contribution in [0.3, 0.4) is 0 Å². The van der Waals surface area contributed by atoms with Crippen LogP contribution >= 0.6 is 0 Å². The fourth-order valence-electron chi connectivity index (χ4n) is 12.8. The Morgan fingerprint density at radius 1 is 0.299 bits per heavy atom. The number of furan rings is 1. The number of nitrogens with zero attached hydrogens (tertiary/aromatic N) is 1. The van der Waals surface area contributed by atoms with Gasteiger partial charge in [-0.2, -0.15) is 0 Å². The summed E-state index contributed by atoms with van der Waals surface area (Å²) in [5.74, 6) is 0. The Morgan fingerprint density at radius 2 is 0.716 bits per heavy atom. The van der Waals surface area contributed by atoms with Gasteiger partial charge in [0.15, 0.2) is 0 Å². The molecule has 316 valence electrons. The maximum absolute atomic E-state index is 6.42. The van der Waals surface area contributed by atoms with Crippen molar-refractivity contribution in [3.05, 3.63) is 292 Å². The van der Waals surface area contributed by atoms with E-state index in [9.17, 15) is 0 Å². The van der Waals surface area contributed by atoms with Gasteiger partial charge < -0.3 is 9.32 Å². The van der Waals surface area contributed by atoms with Crippen molar-refractivity contribution in [2.75, 3.05) is 4.90 Å². The smallest absolute Gasteiger partial charge is 0.135 e. The van der Waals surface area contributed by atoms with E-state index in [4.69, 9.17) is 4.42 Å². The zero-order valence-electron chi connectivity index (χ0n) is 37.4. The zero-order valence-corrected chi connectivity index (χ0v) is 37.4. The van der Waals surface area contributed by atoms with Gasteiger partial charge in [-0.15, -0.1) is 0 Å². The SMILES string of the molecule is CC1(C)c2ccccc2-c2ccc(N(c3ccc4c(c3)C3(c5ccccc5-4)c4ccccc4C(c4ccccc4)(c4ccccc4)c4ccccc43)c3ccc4oc5ccccc5c4c3)cc21. The molecule has 3 aliphatic carbocycles. The third kappa shape index (κ3) is 5.00. The van der Waals surface area contributed by atoms with Gasteiger partial charge in [0.2, 0.25) is 0 Å². The number of anilines is 3. The number of benzene rings is 10. The molecule has 0 atom stereocenters. The first-order valence-electron chi connectivity index (χ1n) is 23.5. The summed E-state index contributed by atoms with van der Waals surface area (Å²) in [6.45, 7) is 4.74. The average molecular weight is 856 g/mol. The summed E-state index contributed by atoms with van der Waals surface area (Å²) in [5.41, 5.74) is 21.9. The molecule has 0 saturated heterocycles. The molecule has 1 heterocycles. The second-order valence-electron chi connectivity index (χ2n) is 19.1. The predicted molar refractivity (Wildman–Crippen MR) is 275 cm³/mol. The van der Waals surface area contributed by atoms with Gasteiger partial charge in [-0.05, 0) is 126 Å². The molecule has 0 aliphatic heterocycles. The lowest BCUT2D eigenvalue weighted by atomic mass is 9.51. The molecule has 3 aliphatic rings. The molecule has 11 aromatic rings. The summed E-state index contributed by atoms with van der Waals surface area (Å²) in [5, 5.41) is 2.22. The molecule has 67 heavy (non-hydrogen) atoms. The minimum Gasteiger partial charge on any atom is -0.456 e. The van der Waals surface area contributed by atoms with Crippen molar-refractivity contribution in [2.45, 2.75) is 30.1 Å². The highest BCUT2D eigenvalue weighted by Crippen LogP contribution is 2.65. The molecule has 0 saturated carbocycles. The van der Waals surface area contributed by atoms with Crippen LogP contribution in [0, 0.1) is 0 Å². The minimum absolute atomic E-state index is 0.165. The second kappa shape index (κ2) is 13.9. The number of fused-ring (bicyclic) bond motifs is 15. The third-order valence-electron chi connectivity index (χ3n) is 15.6. The van der Waals surface area contributed by atoms with E-state index in [2.05, 4.69) is 249 Å². The highest BCUT2D eigenvalue weighted by atomic mass is 16.3. The Kier molecular flexibility index (Phi) is 7.91. The van der Waals surface area contributed by atoms with Crippen molar-refractivity contribution in [3.8, 4) is 22.3 Å². The van der Waals surface area contributed by atoms with E-state index in [1.165, 1.54) is 77.9 Å². The molecule has 10 aromatic carbocycles. The van der Waals surface area contributed by atoms with Crippen LogP contribution in [-0.2, 0) is 16.2 Å². The quantitative estimate of drug-likeness (QED) is 0.171. The fraction of sp³-hybridized carbons (Fsp3) is 0.0769. The zero-order chi connectivity index (χ0) is 44.5. The molecule has 0 radical (unpaired) electrons. The van der Waals surface area contributed by atoms with E-state index < -0.39 is 10.8 Å². The van der Waals surface area contributed by atoms with Gasteiger partial charge in [0.25, 0.3) is 0 Å². The van der Waals surface area contributed by atoms with Gasteiger partial charge in [-0.25, -0.2) is 0 Å². The lowest BCUT2D eigenvalue weighted by Crippen LogP contribution is -2.44.